The van der Waals surface area contributed by atoms with Crippen molar-refractivity contribution in [2.24, 2.45) is 10.9 Å². The highest BCUT2D eigenvalue weighted by Gasteiger charge is 2.26. The molecule has 1 N–H and O–H groups in total. The fourth-order valence-electron chi connectivity index (χ4n) is 5.24. The summed E-state index contributed by atoms with van der Waals surface area (Å²) in [4.78, 5) is 14.1. The van der Waals surface area contributed by atoms with Crippen molar-refractivity contribution in [3.8, 4) is 0 Å². The highest BCUT2D eigenvalue weighted by Crippen LogP contribution is 2.32. The lowest BCUT2D eigenvalue weighted by molar-refractivity contribution is 0.188. The molecule has 0 saturated carbocycles. The molecule has 3 aliphatic rings. The molecule has 0 radical (unpaired) electrons. The molecule has 1 saturated heterocycles. The standard InChI is InChI=1S/C23H34N8/c1-29(21-6-2-4-19-5-3-9-26-23(19)21)15-20-16-31(28-27-20)14-18-7-12-30(13-8-18)17-22-24-10-11-25-22/h3,5,9,16,18,21H,2,4,6-8,10-15,17H2,1H3,(H,24,25). The maximum atomic E-state index is 4.69. The second-order valence-corrected chi connectivity index (χ2v) is 9.28. The molecule has 166 valence electrons. The summed E-state index contributed by atoms with van der Waals surface area (Å²) in [7, 11) is 2.19. The van der Waals surface area contributed by atoms with Gasteiger partial charge in [0.25, 0.3) is 0 Å². The summed E-state index contributed by atoms with van der Waals surface area (Å²) in [5.41, 5.74) is 3.69. The average molecular weight is 423 g/mol. The number of amidine groups is 1. The van der Waals surface area contributed by atoms with Crippen LogP contribution in [0.25, 0.3) is 0 Å². The van der Waals surface area contributed by atoms with E-state index in [0.717, 1.165) is 64.3 Å². The summed E-state index contributed by atoms with van der Waals surface area (Å²) in [6.07, 6.45) is 10.0. The monoisotopic (exact) mass is 422 g/mol. The predicted octanol–water partition coefficient (Wildman–Crippen LogP) is 1.90. The van der Waals surface area contributed by atoms with Crippen LogP contribution in [0.1, 0.15) is 48.7 Å². The molecular formula is C23H34N8. The molecule has 1 aliphatic carbocycles. The number of hydrogen-bond acceptors (Lipinski definition) is 7. The van der Waals surface area contributed by atoms with Gasteiger partial charge in [-0.2, -0.15) is 0 Å². The maximum absolute atomic E-state index is 4.69. The van der Waals surface area contributed by atoms with Gasteiger partial charge in [0.2, 0.25) is 0 Å². The van der Waals surface area contributed by atoms with E-state index in [-0.39, 0.29) is 0 Å². The van der Waals surface area contributed by atoms with Crippen LogP contribution in [0.4, 0.5) is 0 Å². The zero-order valence-electron chi connectivity index (χ0n) is 18.6. The van der Waals surface area contributed by atoms with E-state index in [4.69, 9.17) is 0 Å². The molecule has 0 bridgehead atoms. The maximum Gasteiger partial charge on any atom is 0.111 e. The number of piperidine rings is 1. The van der Waals surface area contributed by atoms with Gasteiger partial charge >= 0.3 is 0 Å². The fourth-order valence-corrected chi connectivity index (χ4v) is 5.24. The quantitative estimate of drug-likeness (QED) is 0.735. The lowest BCUT2D eigenvalue weighted by Crippen LogP contribution is -2.41. The second-order valence-electron chi connectivity index (χ2n) is 9.28. The van der Waals surface area contributed by atoms with Gasteiger partial charge in [-0.1, -0.05) is 11.3 Å². The van der Waals surface area contributed by atoms with Gasteiger partial charge < -0.3 is 5.32 Å². The van der Waals surface area contributed by atoms with Crippen LogP contribution in [-0.2, 0) is 19.5 Å². The Hall–Kier alpha value is -2.32. The number of fused-ring (bicyclic) bond motifs is 1. The fraction of sp³-hybridized carbons (Fsp3) is 0.652. The van der Waals surface area contributed by atoms with Crippen LogP contribution in [-0.4, -0.2) is 75.4 Å². The van der Waals surface area contributed by atoms with E-state index < -0.39 is 0 Å². The van der Waals surface area contributed by atoms with Crippen LogP contribution in [0.15, 0.2) is 29.5 Å². The molecule has 0 aromatic carbocycles. The van der Waals surface area contributed by atoms with Crippen LogP contribution in [0.3, 0.4) is 0 Å². The molecular weight excluding hydrogens is 388 g/mol. The smallest absolute Gasteiger partial charge is 0.111 e. The Bertz CT molecular complexity index is 898. The van der Waals surface area contributed by atoms with Gasteiger partial charge in [-0.05, 0) is 69.8 Å². The van der Waals surface area contributed by atoms with Gasteiger partial charge in [-0.25, -0.2) is 0 Å². The summed E-state index contributed by atoms with van der Waals surface area (Å²) in [6.45, 7) is 6.98. The SMILES string of the molecule is CN(Cc1cn(CC2CCN(CC3=NCCN3)CC2)nn1)C1CCCc2cccnc21. The molecule has 4 heterocycles. The molecule has 2 aromatic heterocycles. The molecule has 1 unspecified atom stereocenters. The molecule has 2 aliphatic heterocycles. The van der Waals surface area contributed by atoms with Gasteiger partial charge in [-0.15, -0.1) is 5.10 Å². The van der Waals surface area contributed by atoms with Crippen molar-refractivity contribution in [1.82, 2.24) is 35.1 Å². The summed E-state index contributed by atoms with van der Waals surface area (Å²) >= 11 is 0. The molecule has 8 heteroatoms. The van der Waals surface area contributed by atoms with Crippen molar-refractivity contribution in [3.63, 3.8) is 0 Å². The van der Waals surface area contributed by atoms with Crippen molar-refractivity contribution in [2.45, 2.75) is 51.2 Å². The Labute approximate surface area is 184 Å². The van der Waals surface area contributed by atoms with E-state index in [2.05, 4.69) is 65.5 Å². The van der Waals surface area contributed by atoms with Crippen molar-refractivity contribution < 1.29 is 0 Å². The number of aliphatic imine (C=N–C) groups is 1. The minimum atomic E-state index is 0.374. The van der Waals surface area contributed by atoms with E-state index in [0.29, 0.717) is 12.0 Å². The summed E-state index contributed by atoms with van der Waals surface area (Å²) in [5, 5.41) is 12.3. The van der Waals surface area contributed by atoms with E-state index in [1.54, 1.807) is 0 Å². The number of hydrogen-bond donors (Lipinski definition) is 1. The normalized spacial score (nSPS) is 22.4. The van der Waals surface area contributed by atoms with Gasteiger partial charge in [0.05, 0.1) is 30.5 Å². The third-order valence-electron chi connectivity index (χ3n) is 6.96. The van der Waals surface area contributed by atoms with Crippen molar-refractivity contribution in [1.29, 1.82) is 0 Å². The van der Waals surface area contributed by atoms with Crippen LogP contribution in [0, 0.1) is 5.92 Å². The topological polar surface area (TPSA) is 74.5 Å². The van der Waals surface area contributed by atoms with Crippen LogP contribution in [0.2, 0.25) is 0 Å². The van der Waals surface area contributed by atoms with Crippen LogP contribution >= 0.6 is 0 Å². The Morgan fingerprint density at radius 1 is 1.23 bits per heavy atom. The number of pyridine rings is 1. The number of aromatic nitrogens is 4. The minimum absolute atomic E-state index is 0.374. The Morgan fingerprint density at radius 3 is 2.97 bits per heavy atom. The van der Waals surface area contributed by atoms with Crippen molar-refractivity contribution >= 4 is 5.84 Å². The zero-order valence-corrected chi connectivity index (χ0v) is 18.6. The highest BCUT2D eigenvalue weighted by molar-refractivity contribution is 5.85. The van der Waals surface area contributed by atoms with E-state index in [1.165, 1.54) is 36.4 Å². The van der Waals surface area contributed by atoms with Crippen LogP contribution < -0.4 is 5.32 Å². The largest absolute Gasteiger partial charge is 0.371 e. The Morgan fingerprint density at radius 2 is 2.13 bits per heavy atom. The van der Waals surface area contributed by atoms with Crippen molar-refractivity contribution in [3.05, 3.63) is 41.5 Å². The second kappa shape index (κ2) is 9.44. The number of aryl methyl sites for hydroxylation is 1. The Kier molecular flexibility index (Phi) is 6.27. The van der Waals surface area contributed by atoms with Gasteiger partial charge in [0.1, 0.15) is 5.84 Å². The van der Waals surface area contributed by atoms with E-state index in [9.17, 15) is 0 Å². The average Bonchev–Trinajstić information content (AvgIpc) is 3.47. The van der Waals surface area contributed by atoms with Gasteiger partial charge in [-0.3, -0.25) is 24.5 Å². The number of rotatable bonds is 7. The molecule has 8 nitrogen and oxygen atoms in total. The zero-order chi connectivity index (χ0) is 21.0. The minimum Gasteiger partial charge on any atom is -0.371 e. The molecule has 0 spiro atoms. The highest BCUT2D eigenvalue weighted by atomic mass is 15.4. The van der Waals surface area contributed by atoms with E-state index >= 15 is 0 Å². The van der Waals surface area contributed by atoms with Gasteiger partial charge in [0.15, 0.2) is 0 Å². The molecule has 2 aromatic rings. The lowest BCUT2D eigenvalue weighted by Gasteiger charge is -2.32. The summed E-state index contributed by atoms with van der Waals surface area (Å²) in [5.74, 6) is 1.84. The van der Waals surface area contributed by atoms with Crippen LogP contribution in [0.5, 0.6) is 0 Å². The number of likely N-dealkylation sites (tertiary alicyclic amines) is 1. The number of nitrogens with zero attached hydrogens (tertiary/aromatic N) is 7. The van der Waals surface area contributed by atoms with Gasteiger partial charge in [0, 0.05) is 32.0 Å². The first kappa shape index (κ1) is 20.6. The summed E-state index contributed by atoms with van der Waals surface area (Å²) < 4.78 is 2.05. The Balaban J connectivity index is 1.12. The first-order valence-electron chi connectivity index (χ1n) is 11.8. The first-order chi connectivity index (χ1) is 15.2. The molecule has 1 fully saturated rings. The summed E-state index contributed by atoms with van der Waals surface area (Å²) in [6, 6.07) is 4.65. The third kappa shape index (κ3) is 4.96. The molecule has 1 atom stereocenters. The lowest BCUT2D eigenvalue weighted by atomic mass is 9.91. The third-order valence-corrected chi connectivity index (χ3v) is 6.96. The first-order valence-corrected chi connectivity index (χ1v) is 11.8. The number of nitrogens with one attached hydrogen (secondary N) is 1. The predicted molar refractivity (Wildman–Crippen MR) is 121 cm³/mol. The van der Waals surface area contributed by atoms with Crippen molar-refractivity contribution in [2.75, 3.05) is 39.8 Å². The van der Waals surface area contributed by atoms with E-state index in [1.807, 2.05) is 6.20 Å². The molecule has 5 rings (SSSR count). The molecule has 0 amide bonds. The molecule has 31 heavy (non-hydrogen) atoms.